The maximum absolute atomic E-state index is 13.0. The predicted molar refractivity (Wildman–Crippen MR) is 430 cm³/mol. The molecule has 6 atom stereocenters. The minimum atomic E-state index is -0.244. The first-order chi connectivity index (χ1) is 49.5. The molecule has 3 saturated carbocycles. The lowest BCUT2D eigenvalue weighted by Gasteiger charge is -2.39. The highest BCUT2D eigenvalue weighted by atomic mass is 16.6. The molecule has 0 aromatic heterocycles. The third kappa shape index (κ3) is 19.3. The summed E-state index contributed by atoms with van der Waals surface area (Å²) in [6.07, 6.45) is 17.7. The molecule has 3 aliphatic carbocycles. The number of likely N-dealkylation sites (tertiary alicyclic amines) is 6. The number of carbonyl (C=O) groups is 6. The third-order valence-corrected chi connectivity index (χ3v) is 31.9. The number of hydrogen-bond acceptors (Lipinski definition) is 18. The van der Waals surface area contributed by atoms with Crippen molar-refractivity contribution in [2.24, 2.45) is 71.0 Å². The van der Waals surface area contributed by atoms with Crippen LogP contribution in [-0.2, 0) is 70.4 Å². The van der Waals surface area contributed by atoms with Crippen molar-refractivity contribution in [2.75, 3.05) is 68.7 Å². The Balaban J connectivity index is 0.000000205. The van der Waals surface area contributed by atoms with Crippen LogP contribution in [0.3, 0.4) is 0 Å². The molecule has 6 aliphatic heterocycles. The Bertz CT molecular complexity index is 3050. The molecule has 6 heterocycles. The van der Waals surface area contributed by atoms with Gasteiger partial charge in [-0.15, -0.1) is 0 Å². The van der Waals surface area contributed by atoms with Gasteiger partial charge in [-0.25, -0.2) is 0 Å². The first-order valence-corrected chi connectivity index (χ1v) is 42.0. The summed E-state index contributed by atoms with van der Waals surface area (Å²) in [6.45, 7) is 55.3. The van der Waals surface area contributed by atoms with Crippen molar-refractivity contribution in [3.05, 3.63) is 35.4 Å². The summed E-state index contributed by atoms with van der Waals surface area (Å²) in [5.74, 6) is 2.19. The normalized spacial score (nSPS) is 33.4. The summed E-state index contributed by atoms with van der Waals surface area (Å²) in [5, 5.41) is 0. The summed E-state index contributed by atoms with van der Waals surface area (Å²) < 4.78 is 34.9. The van der Waals surface area contributed by atoms with Crippen LogP contribution in [0.2, 0.25) is 0 Å². The molecule has 10 rings (SSSR count). The van der Waals surface area contributed by atoms with E-state index in [0.717, 1.165) is 127 Å². The van der Waals surface area contributed by atoms with Crippen molar-refractivity contribution < 1.29 is 57.2 Å². The summed E-state index contributed by atoms with van der Waals surface area (Å²) in [5.41, 5.74) is 1.24. The molecule has 9 fully saturated rings. The van der Waals surface area contributed by atoms with Crippen LogP contribution in [-0.4, -0.2) is 200 Å². The number of hydrogen-bond donors (Lipinski definition) is 0. The molecule has 18 heteroatoms. The van der Waals surface area contributed by atoms with Gasteiger partial charge in [0, 0.05) is 78.3 Å². The Morgan fingerprint density at radius 3 is 0.704 bits per heavy atom. The van der Waals surface area contributed by atoms with Gasteiger partial charge in [0.25, 0.3) is 0 Å². The van der Waals surface area contributed by atoms with E-state index in [2.05, 4.69) is 238 Å². The van der Waals surface area contributed by atoms with Gasteiger partial charge in [-0.1, -0.05) is 24.3 Å². The monoisotopic (exact) mass is 1510 g/mol. The Morgan fingerprint density at radius 1 is 0.278 bits per heavy atom. The lowest BCUT2D eigenvalue weighted by Crippen LogP contribution is -2.48. The summed E-state index contributed by atoms with van der Waals surface area (Å²) in [7, 11) is 12.7. The van der Waals surface area contributed by atoms with E-state index in [1.165, 1.54) is 0 Å². The maximum Gasteiger partial charge on any atom is 0.311 e. The van der Waals surface area contributed by atoms with Crippen LogP contribution in [0.15, 0.2) is 24.3 Å². The van der Waals surface area contributed by atoms with E-state index in [0.29, 0.717) is 61.9 Å². The van der Waals surface area contributed by atoms with Gasteiger partial charge in [-0.2, -0.15) is 0 Å². The molecule has 9 aliphatic rings. The van der Waals surface area contributed by atoms with Gasteiger partial charge in [-0.3, -0.25) is 58.2 Å². The molecule has 0 bridgehead atoms. The van der Waals surface area contributed by atoms with Crippen LogP contribution in [0, 0.1) is 71.0 Å². The number of benzene rings is 1. The maximum atomic E-state index is 13.0. The van der Waals surface area contributed by atoms with E-state index < -0.39 is 0 Å². The second-order valence-electron chi connectivity index (χ2n) is 42.6. The molecule has 108 heavy (non-hydrogen) atoms. The van der Waals surface area contributed by atoms with Crippen molar-refractivity contribution in [3.8, 4) is 0 Å². The van der Waals surface area contributed by atoms with Crippen LogP contribution in [0.5, 0.6) is 0 Å². The zero-order valence-electron chi connectivity index (χ0n) is 73.8. The van der Waals surface area contributed by atoms with Gasteiger partial charge in [0.2, 0.25) is 0 Å². The standard InChI is InChI=1S/C34H60N2O4.C28H50N2O4.C28H44N2O4/c1-31(2)19-27(33(5,6)35(31)9)21-39-29(37)25-15-11-23(12-16-25)24-13-17-26(18-14-24)30(38)40-22-28-20-32(3,4)36(10)34(28,7)8;2*1-25(2)15-21(27(5,6)29(25)9)23(31)33-17-19-11-13-20(14-12-19)18-34-24(32)22-16-26(3,4)30(10)28(22,7)8/h23-28H,11-22H2,1-10H3;19-22H,11-18H2,1-10H3;11-14,21-22H,15-18H2,1-10H3. The van der Waals surface area contributed by atoms with Crippen LogP contribution >= 0.6 is 0 Å². The lowest BCUT2D eigenvalue weighted by molar-refractivity contribution is -0.155. The van der Waals surface area contributed by atoms with Gasteiger partial charge in [0.1, 0.15) is 13.2 Å². The van der Waals surface area contributed by atoms with Gasteiger partial charge in [0.15, 0.2) is 0 Å². The largest absolute Gasteiger partial charge is 0.465 e. The van der Waals surface area contributed by atoms with Gasteiger partial charge >= 0.3 is 35.8 Å². The Hall–Kier alpha value is -4.20. The van der Waals surface area contributed by atoms with Crippen molar-refractivity contribution in [1.29, 1.82) is 0 Å². The van der Waals surface area contributed by atoms with E-state index in [4.69, 9.17) is 28.4 Å². The predicted octanol–water partition coefficient (Wildman–Crippen LogP) is 16.4. The molecule has 1 aromatic rings. The first kappa shape index (κ1) is 89.4. The smallest absolute Gasteiger partial charge is 0.311 e. The van der Waals surface area contributed by atoms with Crippen LogP contribution < -0.4 is 0 Å². The van der Waals surface area contributed by atoms with Crippen LogP contribution in [0.1, 0.15) is 293 Å². The van der Waals surface area contributed by atoms with E-state index in [1.54, 1.807) is 0 Å². The zero-order valence-corrected chi connectivity index (χ0v) is 73.8. The van der Waals surface area contributed by atoms with Crippen LogP contribution in [0.4, 0.5) is 0 Å². The van der Waals surface area contributed by atoms with Gasteiger partial charge < -0.3 is 28.4 Å². The van der Waals surface area contributed by atoms with Crippen LogP contribution in [0.25, 0.3) is 0 Å². The number of rotatable bonds is 19. The molecular weight excluding hydrogens is 1360 g/mol. The quantitative estimate of drug-likeness (QED) is 0.0943. The topological polar surface area (TPSA) is 177 Å². The second-order valence-corrected chi connectivity index (χ2v) is 42.6. The van der Waals surface area contributed by atoms with E-state index in [1.807, 2.05) is 24.3 Å². The summed E-state index contributed by atoms with van der Waals surface area (Å²) in [4.78, 5) is 91.5. The van der Waals surface area contributed by atoms with E-state index in [-0.39, 0.29) is 151 Å². The Morgan fingerprint density at radius 2 is 0.491 bits per heavy atom. The molecule has 0 N–H and O–H groups in total. The molecule has 0 amide bonds. The summed E-state index contributed by atoms with van der Waals surface area (Å²) in [6, 6.07) is 7.73. The molecular formula is C90H154N6O12. The van der Waals surface area contributed by atoms with Crippen molar-refractivity contribution in [3.63, 3.8) is 0 Å². The second kappa shape index (κ2) is 33.0. The third-order valence-electron chi connectivity index (χ3n) is 31.9. The minimum absolute atomic E-state index is 0.00155. The molecule has 616 valence electrons. The van der Waals surface area contributed by atoms with E-state index in [9.17, 15) is 28.8 Å². The average Bonchev–Trinajstić information content (AvgIpc) is 1.49. The van der Waals surface area contributed by atoms with E-state index >= 15 is 0 Å². The highest BCUT2D eigenvalue weighted by Crippen LogP contribution is 2.51. The van der Waals surface area contributed by atoms with Gasteiger partial charge in [-0.05, 0) is 359 Å². The SMILES string of the molecule is CN1C(C)(C)CC(C(=O)OCC2CCC(COC(=O)C3CC(C)(C)N(C)C3(C)C)CC2)C1(C)C.CN1C(C)(C)CC(C(=O)OCc2ccc(COC(=O)C3CC(C)(C)N(C)C3(C)C)cc2)C1(C)C.CN1C(C)(C)CC(COC(=O)C2CCC(C3CCC(C(=O)OCC4CC(C)(C)N(C)C4(C)C)CC3)CC2)C1(C)C. The van der Waals surface area contributed by atoms with Crippen molar-refractivity contribution in [1.82, 2.24) is 29.4 Å². The molecule has 0 radical (unpaired) electrons. The van der Waals surface area contributed by atoms with Crippen molar-refractivity contribution >= 4 is 35.8 Å². The lowest BCUT2D eigenvalue weighted by atomic mass is 9.69. The molecule has 1 aromatic carbocycles. The van der Waals surface area contributed by atoms with Gasteiger partial charge in [0.05, 0.1) is 61.9 Å². The fourth-order valence-corrected chi connectivity index (χ4v) is 21.4. The molecule has 0 spiro atoms. The van der Waals surface area contributed by atoms with Crippen molar-refractivity contribution in [2.45, 2.75) is 361 Å². The number of esters is 6. The highest BCUT2D eigenvalue weighted by molar-refractivity contribution is 5.77. The molecule has 6 saturated heterocycles. The number of nitrogens with zero attached hydrogens (tertiary/aromatic N) is 6. The number of carbonyl (C=O) groups excluding carboxylic acids is 6. The number of ether oxygens (including phenoxy) is 6. The fourth-order valence-electron chi connectivity index (χ4n) is 21.4. The fraction of sp³-hybridized carbons (Fsp3) is 0.867. The zero-order chi connectivity index (χ0) is 81.1. The summed E-state index contributed by atoms with van der Waals surface area (Å²) >= 11 is 0. The first-order valence-electron chi connectivity index (χ1n) is 42.0. The Labute approximate surface area is 655 Å². The minimum Gasteiger partial charge on any atom is -0.465 e. The highest BCUT2D eigenvalue weighted by Gasteiger charge is 2.58. The molecule has 6 unspecified atom stereocenters. The molecule has 18 nitrogen and oxygen atoms in total. The Kier molecular flexibility index (Phi) is 27.3. The average molecular weight is 1510 g/mol.